The molecule has 3 aromatic heterocycles. The summed E-state index contributed by atoms with van der Waals surface area (Å²) in [4.78, 5) is 11.5. The fourth-order valence-corrected chi connectivity index (χ4v) is 4.55. The van der Waals surface area contributed by atoms with Gasteiger partial charge in [0.05, 0.1) is 13.3 Å². The van der Waals surface area contributed by atoms with E-state index in [1.54, 1.807) is 31.2 Å². The molecule has 0 aliphatic rings. The molecule has 0 aliphatic carbocycles. The molecule has 0 radical (unpaired) electrons. The monoisotopic (exact) mass is 588 g/mol. The number of hydrogen-bond donors (Lipinski definition) is 1. The average Bonchev–Trinajstić information content (AvgIpc) is 2.96. The van der Waals surface area contributed by atoms with Gasteiger partial charge in [0.2, 0.25) is 5.95 Å². The number of benzene rings is 1. The molecule has 0 spiro atoms. The number of alkyl halides is 3. The van der Waals surface area contributed by atoms with Crippen molar-refractivity contribution in [1.82, 2.24) is 15.0 Å². The molecule has 0 fully saturated rings. The SMILES string of the molecule is COc1cnc(C)c(/C(=C\OS(=O)(=O)c2ccccc2)Cc2ccc(NCc3ccc(C(F)(F)F)nc3)nc2F)c1. The molecular weight excluding hydrogens is 564 g/mol. The van der Waals surface area contributed by atoms with Crippen LogP contribution in [0.4, 0.5) is 23.4 Å². The van der Waals surface area contributed by atoms with Gasteiger partial charge >= 0.3 is 16.3 Å². The zero-order valence-corrected chi connectivity index (χ0v) is 22.6. The zero-order chi connectivity index (χ0) is 29.6. The van der Waals surface area contributed by atoms with Crippen LogP contribution in [0, 0.1) is 12.9 Å². The molecule has 214 valence electrons. The predicted octanol–water partition coefficient (Wildman–Crippen LogP) is 5.95. The second-order valence-electron chi connectivity index (χ2n) is 8.74. The van der Waals surface area contributed by atoms with Crippen molar-refractivity contribution < 1.29 is 34.9 Å². The van der Waals surface area contributed by atoms with Gasteiger partial charge < -0.3 is 14.2 Å². The van der Waals surface area contributed by atoms with Crippen molar-refractivity contribution in [3.05, 3.63) is 113 Å². The van der Waals surface area contributed by atoms with Crippen molar-refractivity contribution in [1.29, 1.82) is 0 Å². The zero-order valence-electron chi connectivity index (χ0n) is 21.8. The van der Waals surface area contributed by atoms with Crippen molar-refractivity contribution in [2.24, 2.45) is 0 Å². The molecule has 4 rings (SSSR count). The first-order valence-corrected chi connectivity index (χ1v) is 13.5. The van der Waals surface area contributed by atoms with E-state index >= 15 is 4.39 Å². The maximum atomic E-state index is 15.1. The molecule has 0 atom stereocenters. The summed E-state index contributed by atoms with van der Waals surface area (Å²) in [7, 11) is -2.71. The van der Waals surface area contributed by atoms with Gasteiger partial charge in [-0.2, -0.15) is 26.0 Å². The molecule has 4 aromatic rings. The van der Waals surface area contributed by atoms with Crippen molar-refractivity contribution in [2.75, 3.05) is 12.4 Å². The summed E-state index contributed by atoms with van der Waals surface area (Å²) in [5.74, 6) is -0.303. The summed E-state index contributed by atoms with van der Waals surface area (Å²) in [6.45, 7) is 1.76. The molecule has 0 unspecified atom stereocenters. The lowest BCUT2D eigenvalue weighted by Gasteiger charge is -2.14. The molecule has 0 aliphatic heterocycles. The van der Waals surface area contributed by atoms with Crippen molar-refractivity contribution >= 4 is 21.5 Å². The minimum atomic E-state index is -4.55. The fraction of sp³-hybridized carbons (Fsp3) is 0.179. The third-order valence-electron chi connectivity index (χ3n) is 5.89. The van der Waals surface area contributed by atoms with Crippen LogP contribution in [0.25, 0.3) is 5.57 Å². The first kappa shape index (κ1) is 29.5. The van der Waals surface area contributed by atoms with Crippen molar-refractivity contribution in [3.63, 3.8) is 0 Å². The molecule has 1 N–H and O–H groups in total. The molecule has 1 aromatic carbocycles. The van der Waals surface area contributed by atoms with E-state index in [1.807, 2.05) is 0 Å². The third-order valence-corrected chi connectivity index (χ3v) is 7.09. The Kier molecular flexibility index (Phi) is 8.86. The number of halogens is 4. The van der Waals surface area contributed by atoms with Crippen LogP contribution in [0.2, 0.25) is 0 Å². The standard InChI is InChI=1S/C28H24F4N4O4S/c1-18-24(13-22(39-2)16-33-18)21(17-40-41(37,38)23-6-4-3-5-7-23)12-20-9-11-26(36-27(20)29)35-15-19-8-10-25(34-14-19)28(30,31)32/h3-11,13-14,16-17H,12,15H2,1-2H3,(H,35,36)/b21-17-. The summed E-state index contributed by atoms with van der Waals surface area (Å²) in [5, 5.41) is 2.84. The summed E-state index contributed by atoms with van der Waals surface area (Å²) in [6.07, 6.45) is -1.05. The molecule has 0 bridgehead atoms. The molecule has 0 amide bonds. The quantitative estimate of drug-likeness (QED) is 0.105. The van der Waals surface area contributed by atoms with Gasteiger partial charge in [-0.15, -0.1) is 0 Å². The number of ether oxygens (including phenoxy) is 1. The number of anilines is 1. The number of aryl methyl sites for hydroxylation is 1. The fourth-order valence-electron chi connectivity index (χ4n) is 3.70. The van der Waals surface area contributed by atoms with E-state index in [1.165, 1.54) is 43.6 Å². The number of nitrogens with zero attached hydrogens (tertiary/aromatic N) is 3. The summed E-state index contributed by atoms with van der Waals surface area (Å²) >= 11 is 0. The lowest BCUT2D eigenvalue weighted by molar-refractivity contribution is -0.141. The van der Waals surface area contributed by atoms with E-state index in [0.29, 0.717) is 28.1 Å². The first-order chi connectivity index (χ1) is 19.5. The Morgan fingerprint density at radius 2 is 1.78 bits per heavy atom. The van der Waals surface area contributed by atoms with Crippen LogP contribution in [-0.4, -0.2) is 30.5 Å². The highest BCUT2D eigenvalue weighted by Crippen LogP contribution is 2.29. The lowest BCUT2D eigenvalue weighted by atomic mass is 9.99. The normalized spacial score (nSPS) is 12.2. The number of hydrogen-bond acceptors (Lipinski definition) is 8. The van der Waals surface area contributed by atoms with Gasteiger partial charge in [-0.1, -0.05) is 30.3 Å². The van der Waals surface area contributed by atoms with Gasteiger partial charge in [-0.3, -0.25) is 9.97 Å². The van der Waals surface area contributed by atoms with Crippen LogP contribution in [-0.2, 0) is 33.4 Å². The van der Waals surface area contributed by atoms with E-state index in [-0.39, 0.29) is 29.2 Å². The Balaban J connectivity index is 1.57. The number of aromatic nitrogens is 3. The molecule has 0 saturated carbocycles. The van der Waals surface area contributed by atoms with Gasteiger partial charge in [0.25, 0.3) is 0 Å². The first-order valence-electron chi connectivity index (χ1n) is 12.1. The summed E-state index contributed by atoms with van der Waals surface area (Å²) < 4.78 is 89.2. The molecule has 3 heterocycles. The highest BCUT2D eigenvalue weighted by Gasteiger charge is 2.32. The van der Waals surface area contributed by atoms with E-state index in [9.17, 15) is 21.6 Å². The van der Waals surface area contributed by atoms with E-state index in [4.69, 9.17) is 8.92 Å². The van der Waals surface area contributed by atoms with Crippen LogP contribution < -0.4 is 10.1 Å². The van der Waals surface area contributed by atoms with E-state index < -0.39 is 27.9 Å². The minimum Gasteiger partial charge on any atom is -0.495 e. The molecule has 41 heavy (non-hydrogen) atoms. The highest BCUT2D eigenvalue weighted by atomic mass is 32.2. The number of methoxy groups -OCH3 is 1. The maximum Gasteiger partial charge on any atom is 0.433 e. The van der Waals surface area contributed by atoms with Crippen LogP contribution in [0.1, 0.15) is 28.1 Å². The maximum absolute atomic E-state index is 15.1. The summed E-state index contributed by atoms with van der Waals surface area (Å²) in [6, 6.07) is 14.3. The topological polar surface area (TPSA) is 103 Å². The van der Waals surface area contributed by atoms with Gasteiger partial charge in [-0.25, -0.2) is 4.98 Å². The van der Waals surface area contributed by atoms with Gasteiger partial charge in [0.1, 0.15) is 28.4 Å². The van der Waals surface area contributed by atoms with Crippen LogP contribution in [0.5, 0.6) is 5.75 Å². The molecule has 8 nitrogen and oxygen atoms in total. The van der Waals surface area contributed by atoms with Crippen molar-refractivity contribution in [3.8, 4) is 5.75 Å². The van der Waals surface area contributed by atoms with Crippen LogP contribution >= 0.6 is 0 Å². The van der Waals surface area contributed by atoms with Gasteiger partial charge in [0.15, 0.2) is 0 Å². The second kappa shape index (κ2) is 12.3. The molecule has 0 saturated heterocycles. The lowest BCUT2D eigenvalue weighted by Crippen LogP contribution is -2.09. The third kappa shape index (κ3) is 7.57. The van der Waals surface area contributed by atoms with E-state index in [0.717, 1.165) is 18.5 Å². The van der Waals surface area contributed by atoms with Crippen LogP contribution in [0.3, 0.4) is 0 Å². The van der Waals surface area contributed by atoms with Crippen LogP contribution in [0.15, 0.2) is 84.2 Å². The number of rotatable bonds is 10. The number of pyridine rings is 3. The number of nitrogens with one attached hydrogen (secondary N) is 1. The van der Waals surface area contributed by atoms with Gasteiger partial charge in [-0.05, 0) is 42.8 Å². The largest absolute Gasteiger partial charge is 0.495 e. The molecule has 13 heteroatoms. The summed E-state index contributed by atoms with van der Waals surface area (Å²) in [5.41, 5.74) is 0.845. The minimum absolute atomic E-state index is 0.0531. The Morgan fingerprint density at radius 1 is 1.02 bits per heavy atom. The Hall–Kier alpha value is -4.52. The Labute approximate surface area is 233 Å². The Morgan fingerprint density at radius 3 is 2.41 bits per heavy atom. The van der Waals surface area contributed by atoms with Crippen molar-refractivity contribution in [2.45, 2.75) is 31.0 Å². The average molecular weight is 589 g/mol. The highest BCUT2D eigenvalue weighted by molar-refractivity contribution is 7.86. The Bertz CT molecular complexity index is 1650. The molecular formula is C28H24F4N4O4S. The number of allylic oxidation sites excluding steroid dienone is 1. The predicted molar refractivity (Wildman–Crippen MR) is 143 cm³/mol. The van der Waals surface area contributed by atoms with E-state index in [2.05, 4.69) is 20.3 Å². The van der Waals surface area contributed by atoms with Gasteiger partial charge in [0, 0.05) is 41.6 Å². The second-order valence-corrected chi connectivity index (χ2v) is 10.3. The smallest absolute Gasteiger partial charge is 0.433 e.